The molecule has 0 N–H and O–H groups in total. The summed E-state index contributed by atoms with van der Waals surface area (Å²) in [6, 6.07) is 65.2. The lowest BCUT2D eigenvalue weighted by Crippen LogP contribution is -2.25. The van der Waals surface area contributed by atoms with Crippen LogP contribution in [0.15, 0.2) is 170 Å². The summed E-state index contributed by atoms with van der Waals surface area (Å²) in [6.07, 6.45) is 12.5. The first-order chi connectivity index (χ1) is 30.2. The second-order valence-electron chi connectivity index (χ2n) is 17.9. The Labute approximate surface area is 361 Å². The molecule has 11 rings (SSSR count). The summed E-state index contributed by atoms with van der Waals surface area (Å²) in [5, 5.41) is 13.4. The van der Waals surface area contributed by atoms with Crippen molar-refractivity contribution in [3.05, 3.63) is 181 Å². The van der Waals surface area contributed by atoms with Gasteiger partial charge in [0.25, 0.3) is 0 Å². The average molecular weight is 787 g/mol. The summed E-state index contributed by atoms with van der Waals surface area (Å²) >= 11 is 0. The fourth-order valence-electron chi connectivity index (χ4n) is 11.5. The van der Waals surface area contributed by atoms with Crippen molar-refractivity contribution < 1.29 is 0 Å². The lowest BCUT2D eigenvalue weighted by atomic mass is 9.69. The van der Waals surface area contributed by atoms with E-state index in [1.807, 2.05) is 0 Å². The molecule has 0 fully saturated rings. The van der Waals surface area contributed by atoms with Gasteiger partial charge < -0.3 is 0 Å². The quantitative estimate of drug-likeness (QED) is 0.0620. The van der Waals surface area contributed by atoms with E-state index in [-0.39, 0.29) is 5.41 Å². The van der Waals surface area contributed by atoms with Gasteiger partial charge in [-0.1, -0.05) is 223 Å². The zero-order chi connectivity index (χ0) is 40.9. The Morgan fingerprint density at radius 1 is 0.328 bits per heavy atom. The topological polar surface area (TPSA) is 0 Å². The minimum atomic E-state index is -0.0580. The van der Waals surface area contributed by atoms with Gasteiger partial charge in [-0.2, -0.15) is 0 Å². The molecule has 0 bridgehead atoms. The fourth-order valence-corrected chi connectivity index (χ4v) is 11.5. The Morgan fingerprint density at radius 3 is 1.39 bits per heavy atom. The maximum absolute atomic E-state index is 2.65. The molecule has 0 amide bonds. The maximum atomic E-state index is 2.65. The Balaban J connectivity index is 1.13. The molecule has 1 aliphatic rings. The standard InChI is InChI=1S/C61H54/c1-3-5-7-16-37-61(38-17-8-6-4-2)55-39-45(47-33-29-44-28-27-42-21-18-22-43-30-36-54(47)60(44)57(42)43)31-34-48(55)49-35-32-46(40-56(49)61)59-52-25-14-12-23-50(52)58(41-19-10-9-11-20-41)51-24-13-15-26-53(51)59/h9-15,18-36,39-40H,3-8,16-17,37-38H2,1-2H3. The van der Waals surface area contributed by atoms with Gasteiger partial charge in [-0.25, -0.2) is 0 Å². The van der Waals surface area contributed by atoms with Crippen molar-refractivity contribution in [3.8, 4) is 44.5 Å². The van der Waals surface area contributed by atoms with Crippen molar-refractivity contribution in [1.29, 1.82) is 0 Å². The first-order valence-electron chi connectivity index (χ1n) is 23.1. The number of fused-ring (bicyclic) bond motifs is 5. The molecular weight excluding hydrogens is 733 g/mol. The van der Waals surface area contributed by atoms with Crippen molar-refractivity contribution in [1.82, 2.24) is 0 Å². The molecule has 0 aliphatic heterocycles. The predicted molar refractivity (Wildman–Crippen MR) is 265 cm³/mol. The van der Waals surface area contributed by atoms with Crippen molar-refractivity contribution in [3.63, 3.8) is 0 Å². The third kappa shape index (κ3) is 6.17. The van der Waals surface area contributed by atoms with Crippen LogP contribution in [0.25, 0.3) is 98.4 Å². The molecule has 0 atom stereocenters. The largest absolute Gasteiger partial charge is 0.0654 e. The fraction of sp³-hybridized carbons (Fsp3) is 0.213. The van der Waals surface area contributed by atoms with E-state index in [2.05, 4.69) is 184 Å². The van der Waals surface area contributed by atoms with Crippen LogP contribution in [0.2, 0.25) is 0 Å². The molecule has 0 nitrogen and oxygen atoms in total. The molecule has 0 saturated carbocycles. The molecule has 10 aromatic rings. The van der Waals surface area contributed by atoms with E-state index >= 15 is 0 Å². The van der Waals surface area contributed by atoms with Gasteiger partial charge in [0, 0.05) is 5.41 Å². The highest BCUT2D eigenvalue weighted by atomic mass is 14.5. The summed E-state index contributed by atoms with van der Waals surface area (Å²) in [7, 11) is 0. The van der Waals surface area contributed by atoms with Crippen LogP contribution in [-0.2, 0) is 5.41 Å². The van der Waals surface area contributed by atoms with E-state index in [0.717, 1.165) is 0 Å². The zero-order valence-electron chi connectivity index (χ0n) is 35.7. The van der Waals surface area contributed by atoms with Gasteiger partial charge in [0.15, 0.2) is 0 Å². The van der Waals surface area contributed by atoms with Crippen LogP contribution in [0.1, 0.15) is 89.2 Å². The highest BCUT2D eigenvalue weighted by Gasteiger charge is 2.43. The molecule has 10 aromatic carbocycles. The number of unbranched alkanes of at least 4 members (excludes halogenated alkanes) is 6. The first-order valence-corrected chi connectivity index (χ1v) is 23.1. The lowest BCUT2D eigenvalue weighted by Gasteiger charge is -2.33. The van der Waals surface area contributed by atoms with Crippen molar-refractivity contribution in [2.45, 2.75) is 83.5 Å². The van der Waals surface area contributed by atoms with Crippen molar-refractivity contribution in [2.75, 3.05) is 0 Å². The monoisotopic (exact) mass is 786 g/mol. The van der Waals surface area contributed by atoms with Crippen molar-refractivity contribution >= 4 is 53.9 Å². The van der Waals surface area contributed by atoms with E-state index in [9.17, 15) is 0 Å². The Kier molecular flexibility index (Phi) is 9.69. The summed E-state index contributed by atoms with van der Waals surface area (Å²) in [4.78, 5) is 0. The van der Waals surface area contributed by atoms with Crippen LogP contribution in [0.4, 0.5) is 0 Å². The molecule has 0 unspecified atom stereocenters. The zero-order valence-corrected chi connectivity index (χ0v) is 35.7. The number of rotatable bonds is 13. The minimum Gasteiger partial charge on any atom is -0.0654 e. The van der Waals surface area contributed by atoms with E-state index in [1.165, 1.54) is 163 Å². The number of hydrogen-bond donors (Lipinski definition) is 0. The molecule has 0 aromatic heterocycles. The van der Waals surface area contributed by atoms with Gasteiger partial charge in [0.2, 0.25) is 0 Å². The summed E-state index contributed by atoms with van der Waals surface area (Å²) in [5.41, 5.74) is 13.8. The molecule has 298 valence electrons. The highest BCUT2D eigenvalue weighted by molar-refractivity contribution is 6.25. The molecular formula is C61H54. The third-order valence-electron chi connectivity index (χ3n) is 14.4. The van der Waals surface area contributed by atoms with Crippen LogP contribution in [0.3, 0.4) is 0 Å². The maximum Gasteiger partial charge on any atom is 0.0215 e. The summed E-state index contributed by atoms with van der Waals surface area (Å²) < 4.78 is 0. The van der Waals surface area contributed by atoms with Gasteiger partial charge in [0.1, 0.15) is 0 Å². The second-order valence-corrected chi connectivity index (χ2v) is 17.9. The first kappa shape index (κ1) is 37.7. The van der Waals surface area contributed by atoms with Crippen LogP contribution < -0.4 is 0 Å². The molecule has 61 heavy (non-hydrogen) atoms. The number of benzene rings is 10. The van der Waals surface area contributed by atoms with Gasteiger partial charge in [-0.05, 0) is 134 Å². The van der Waals surface area contributed by atoms with Gasteiger partial charge in [-0.3, -0.25) is 0 Å². The highest BCUT2D eigenvalue weighted by Crippen LogP contribution is 2.57. The Hall–Kier alpha value is -6.24. The molecule has 0 heteroatoms. The Morgan fingerprint density at radius 2 is 0.803 bits per heavy atom. The van der Waals surface area contributed by atoms with E-state index in [1.54, 1.807) is 11.1 Å². The second kappa shape index (κ2) is 15.7. The van der Waals surface area contributed by atoms with Crippen LogP contribution in [0, 0.1) is 0 Å². The van der Waals surface area contributed by atoms with Crippen LogP contribution in [0.5, 0.6) is 0 Å². The Bertz CT molecular complexity index is 3130. The van der Waals surface area contributed by atoms with E-state index < -0.39 is 0 Å². The molecule has 0 heterocycles. The van der Waals surface area contributed by atoms with E-state index in [4.69, 9.17) is 0 Å². The minimum absolute atomic E-state index is 0.0580. The van der Waals surface area contributed by atoms with E-state index in [0.29, 0.717) is 0 Å². The number of hydrogen-bond acceptors (Lipinski definition) is 0. The summed E-state index contributed by atoms with van der Waals surface area (Å²) in [6.45, 7) is 4.68. The van der Waals surface area contributed by atoms with Gasteiger partial charge in [-0.15, -0.1) is 0 Å². The van der Waals surface area contributed by atoms with Gasteiger partial charge >= 0.3 is 0 Å². The molecule has 0 spiro atoms. The van der Waals surface area contributed by atoms with Crippen molar-refractivity contribution in [2.24, 2.45) is 0 Å². The van der Waals surface area contributed by atoms with Gasteiger partial charge in [0.05, 0.1) is 0 Å². The normalized spacial score (nSPS) is 13.2. The third-order valence-corrected chi connectivity index (χ3v) is 14.4. The predicted octanol–water partition coefficient (Wildman–Crippen LogP) is 18.1. The average Bonchev–Trinajstić information content (AvgIpc) is 3.58. The smallest absolute Gasteiger partial charge is 0.0215 e. The molecule has 0 radical (unpaired) electrons. The molecule has 0 saturated heterocycles. The SMILES string of the molecule is CCCCCCC1(CCCCCC)c2cc(-c3c4ccccc4c(-c4ccccc4)c4ccccc34)ccc2-c2ccc(-c3ccc4ccc5cccc6ccc3c4c56)cc21. The van der Waals surface area contributed by atoms with Crippen LogP contribution in [-0.4, -0.2) is 0 Å². The molecule has 1 aliphatic carbocycles. The lowest BCUT2D eigenvalue weighted by molar-refractivity contribution is 0.401. The van der Waals surface area contributed by atoms with Crippen LogP contribution >= 0.6 is 0 Å². The summed E-state index contributed by atoms with van der Waals surface area (Å²) in [5.74, 6) is 0.